The zero-order chi connectivity index (χ0) is 15.4. The first kappa shape index (κ1) is 18.9. The molecule has 118 valence electrons. The maximum absolute atomic E-state index is 11.2. The number of rotatable bonds is 11. The van der Waals surface area contributed by atoms with Gasteiger partial charge in [0.05, 0.1) is 26.4 Å². The summed E-state index contributed by atoms with van der Waals surface area (Å²) in [5.41, 5.74) is 0. The Morgan fingerprint density at radius 1 is 0.750 bits per heavy atom. The summed E-state index contributed by atoms with van der Waals surface area (Å²) in [7, 11) is 0. The Morgan fingerprint density at radius 2 is 1.10 bits per heavy atom. The van der Waals surface area contributed by atoms with Crippen molar-refractivity contribution in [1.82, 2.24) is 10.6 Å². The molecule has 0 radical (unpaired) electrons. The Kier molecular flexibility index (Phi) is 11.0. The molecular weight excluding hydrogens is 260 g/mol. The minimum atomic E-state index is -0.000571. The number of ether oxygens (including phenoxy) is 2. The fourth-order valence-electron chi connectivity index (χ4n) is 1.22. The van der Waals surface area contributed by atoms with Crippen LogP contribution in [0.1, 0.15) is 27.7 Å². The quantitative estimate of drug-likeness (QED) is 0.545. The number of carbonyl (C=O) groups excluding carboxylic acids is 2. The summed E-state index contributed by atoms with van der Waals surface area (Å²) in [6.07, 6.45) is 0. The van der Waals surface area contributed by atoms with Crippen LogP contribution in [0.25, 0.3) is 0 Å². The molecule has 0 saturated heterocycles. The van der Waals surface area contributed by atoms with E-state index < -0.39 is 0 Å². The Balaban J connectivity index is 3.21. The van der Waals surface area contributed by atoms with E-state index in [1.165, 1.54) is 0 Å². The fourth-order valence-corrected chi connectivity index (χ4v) is 1.22. The van der Waals surface area contributed by atoms with Crippen LogP contribution in [-0.2, 0) is 19.1 Å². The van der Waals surface area contributed by atoms with Crippen molar-refractivity contribution < 1.29 is 19.1 Å². The molecule has 0 rings (SSSR count). The molecule has 2 amide bonds. The van der Waals surface area contributed by atoms with Crippen molar-refractivity contribution in [3.05, 3.63) is 0 Å². The van der Waals surface area contributed by atoms with E-state index in [1.807, 2.05) is 27.7 Å². The van der Waals surface area contributed by atoms with Gasteiger partial charge in [0, 0.05) is 24.9 Å². The van der Waals surface area contributed by atoms with Crippen molar-refractivity contribution in [2.75, 3.05) is 39.5 Å². The lowest BCUT2D eigenvalue weighted by Gasteiger charge is -2.09. The maximum Gasteiger partial charge on any atom is 0.222 e. The summed E-state index contributed by atoms with van der Waals surface area (Å²) in [5, 5.41) is 5.53. The van der Waals surface area contributed by atoms with E-state index in [1.54, 1.807) is 0 Å². The van der Waals surface area contributed by atoms with E-state index in [0.29, 0.717) is 39.5 Å². The Bertz CT molecular complexity index is 252. The number of nitrogens with one attached hydrogen (secondary N) is 2. The van der Waals surface area contributed by atoms with Crippen LogP contribution in [-0.4, -0.2) is 51.3 Å². The molecule has 0 aliphatic heterocycles. The standard InChI is InChI=1S/C14H28N2O4/c1-11(2)13(17)15-5-7-19-9-10-20-8-6-16-14(18)12(3)4/h11-12H,5-10H2,1-4H3,(H,15,17)(H,16,18). The molecule has 6 nitrogen and oxygen atoms in total. The highest BCUT2D eigenvalue weighted by Crippen LogP contribution is 1.90. The van der Waals surface area contributed by atoms with E-state index in [0.717, 1.165) is 0 Å². The Labute approximate surface area is 121 Å². The van der Waals surface area contributed by atoms with E-state index in [9.17, 15) is 9.59 Å². The number of hydrogen-bond donors (Lipinski definition) is 2. The highest BCUT2D eigenvalue weighted by atomic mass is 16.5. The van der Waals surface area contributed by atoms with Crippen LogP contribution in [0.15, 0.2) is 0 Å². The van der Waals surface area contributed by atoms with Crippen LogP contribution in [0.3, 0.4) is 0 Å². The Morgan fingerprint density at radius 3 is 1.40 bits per heavy atom. The SMILES string of the molecule is CC(C)C(=O)NCCOCCOCCNC(=O)C(C)C. The van der Waals surface area contributed by atoms with Crippen LogP contribution in [0.2, 0.25) is 0 Å². The lowest BCUT2D eigenvalue weighted by atomic mass is 10.2. The van der Waals surface area contributed by atoms with Gasteiger partial charge in [-0.05, 0) is 0 Å². The van der Waals surface area contributed by atoms with Crippen molar-refractivity contribution in [3.63, 3.8) is 0 Å². The monoisotopic (exact) mass is 288 g/mol. The van der Waals surface area contributed by atoms with Gasteiger partial charge in [-0.3, -0.25) is 9.59 Å². The summed E-state index contributed by atoms with van der Waals surface area (Å²) >= 11 is 0. The van der Waals surface area contributed by atoms with Crippen molar-refractivity contribution in [1.29, 1.82) is 0 Å². The number of hydrogen-bond acceptors (Lipinski definition) is 4. The van der Waals surface area contributed by atoms with Gasteiger partial charge >= 0.3 is 0 Å². The van der Waals surface area contributed by atoms with Crippen LogP contribution >= 0.6 is 0 Å². The predicted octanol–water partition coefficient (Wildman–Crippen LogP) is 0.564. The average Bonchev–Trinajstić information content (AvgIpc) is 2.39. The summed E-state index contributed by atoms with van der Waals surface area (Å²) in [6, 6.07) is 0. The smallest absolute Gasteiger partial charge is 0.222 e. The third-order valence-corrected chi connectivity index (χ3v) is 2.51. The highest BCUT2D eigenvalue weighted by Gasteiger charge is 2.05. The minimum Gasteiger partial charge on any atom is -0.377 e. The first-order valence-corrected chi connectivity index (χ1v) is 7.16. The van der Waals surface area contributed by atoms with E-state index >= 15 is 0 Å². The molecule has 0 saturated carbocycles. The van der Waals surface area contributed by atoms with Crippen LogP contribution in [0.4, 0.5) is 0 Å². The van der Waals surface area contributed by atoms with Gasteiger partial charge in [0.1, 0.15) is 0 Å². The molecule has 6 heteroatoms. The molecule has 2 N–H and O–H groups in total. The van der Waals surface area contributed by atoms with Gasteiger partial charge in [-0.1, -0.05) is 27.7 Å². The second-order valence-electron chi connectivity index (χ2n) is 5.12. The van der Waals surface area contributed by atoms with Crippen LogP contribution in [0.5, 0.6) is 0 Å². The third-order valence-electron chi connectivity index (χ3n) is 2.51. The summed E-state index contributed by atoms with van der Waals surface area (Å²) in [6.45, 7) is 10.3. The van der Waals surface area contributed by atoms with Gasteiger partial charge < -0.3 is 20.1 Å². The van der Waals surface area contributed by atoms with Gasteiger partial charge in [0.2, 0.25) is 11.8 Å². The van der Waals surface area contributed by atoms with Gasteiger partial charge in [-0.2, -0.15) is 0 Å². The summed E-state index contributed by atoms with van der Waals surface area (Å²) in [5.74, 6) is 0.0650. The molecule has 0 unspecified atom stereocenters. The van der Waals surface area contributed by atoms with Gasteiger partial charge in [0.25, 0.3) is 0 Å². The van der Waals surface area contributed by atoms with Crippen LogP contribution < -0.4 is 10.6 Å². The normalized spacial score (nSPS) is 10.9. The van der Waals surface area contributed by atoms with Gasteiger partial charge in [0.15, 0.2) is 0 Å². The first-order valence-electron chi connectivity index (χ1n) is 7.16. The van der Waals surface area contributed by atoms with Crippen molar-refractivity contribution in [2.24, 2.45) is 11.8 Å². The third kappa shape index (κ3) is 10.8. The lowest BCUT2D eigenvalue weighted by molar-refractivity contribution is -0.125. The fraction of sp³-hybridized carbons (Fsp3) is 0.857. The molecule has 0 atom stereocenters. The largest absolute Gasteiger partial charge is 0.377 e. The molecule has 0 fully saturated rings. The van der Waals surface area contributed by atoms with Gasteiger partial charge in [-0.25, -0.2) is 0 Å². The molecule has 20 heavy (non-hydrogen) atoms. The van der Waals surface area contributed by atoms with E-state index in [2.05, 4.69) is 10.6 Å². The molecule has 0 bridgehead atoms. The minimum absolute atomic E-state index is 0.000571. The summed E-state index contributed by atoms with van der Waals surface area (Å²) < 4.78 is 10.6. The number of carbonyl (C=O) groups is 2. The second kappa shape index (κ2) is 11.7. The summed E-state index contributed by atoms with van der Waals surface area (Å²) in [4.78, 5) is 22.5. The van der Waals surface area contributed by atoms with Crippen molar-refractivity contribution in [3.8, 4) is 0 Å². The topological polar surface area (TPSA) is 76.7 Å². The van der Waals surface area contributed by atoms with Crippen molar-refractivity contribution >= 4 is 11.8 Å². The predicted molar refractivity (Wildman–Crippen MR) is 77.3 cm³/mol. The molecule has 0 spiro atoms. The molecule has 0 heterocycles. The molecule has 0 aromatic carbocycles. The zero-order valence-electron chi connectivity index (χ0n) is 13.0. The average molecular weight is 288 g/mol. The van der Waals surface area contributed by atoms with Gasteiger partial charge in [-0.15, -0.1) is 0 Å². The molecular formula is C14H28N2O4. The zero-order valence-corrected chi connectivity index (χ0v) is 13.0. The second-order valence-corrected chi connectivity index (χ2v) is 5.12. The highest BCUT2D eigenvalue weighted by molar-refractivity contribution is 5.78. The Hall–Kier alpha value is -1.14. The number of amides is 2. The van der Waals surface area contributed by atoms with Crippen molar-refractivity contribution in [2.45, 2.75) is 27.7 Å². The van der Waals surface area contributed by atoms with Crippen LogP contribution in [0, 0.1) is 11.8 Å². The molecule has 0 aliphatic carbocycles. The van der Waals surface area contributed by atoms with E-state index in [-0.39, 0.29) is 23.7 Å². The molecule has 0 aromatic rings. The van der Waals surface area contributed by atoms with E-state index in [4.69, 9.17) is 9.47 Å². The molecule has 0 aliphatic rings. The maximum atomic E-state index is 11.2. The first-order chi connectivity index (χ1) is 9.45. The molecule has 0 aromatic heterocycles. The lowest BCUT2D eigenvalue weighted by Crippen LogP contribution is -2.31.